The van der Waals surface area contributed by atoms with Crippen molar-refractivity contribution in [3.63, 3.8) is 0 Å². The highest BCUT2D eigenvalue weighted by atomic mass is 16.5. The molecule has 0 spiro atoms. The van der Waals surface area contributed by atoms with E-state index in [0.717, 1.165) is 18.4 Å². The van der Waals surface area contributed by atoms with Crippen molar-refractivity contribution in [3.05, 3.63) is 59.7 Å². The lowest BCUT2D eigenvalue weighted by molar-refractivity contribution is -0.122. The highest BCUT2D eigenvalue weighted by Gasteiger charge is 2.15. The third kappa shape index (κ3) is 5.92. The first kappa shape index (κ1) is 19.5. The number of amides is 1. The van der Waals surface area contributed by atoms with Gasteiger partial charge in [0.1, 0.15) is 5.75 Å². The van der Waals surface area contributed by atoms with Crippen LogP contribution in [0.5, 0.6) is 5.75 Å². The summed E-state index contributed by atoms with van der Waals surface area (Å²) < 4.78 is 10.8. The molecule has 5 heteroatoms. The number of ether oxygens (including phenoxy) is 2. The normalized spacial score (nSPS) is 11.5. The molecular weight excluding hydrogens is 330 g/mol. The second kappa shape index (κ2) is 9.61. The fourth-order valence-corrected chi connectivity index (χ4v) is 2.20. The van der Waals surface area contributed by atoms with E-state index in [0.29, 0.717) is 23.6 Å². The third-order valence-electron chi connectivity index (χ3n) is 3.82. The van der Waals surface area contributed by atoms with E-state index in [1.165, 1.54) is 0 Å². The Morgan fingerprint density at radius 1 is 1.04 bits per heavy atom. The van der Waals surface area contributed by atoms with Crippen LogP contribution < -0.4 is 10.1 Å². The zero-order valence-corrected chi connectivity index (χ0v) is 15.5. The molecule has 1 amide bonds. The number of hydrogen-bond acceptors (Lipinski definition) is 4. The van der Waals surface area contributed by atoms with Crippen LogP contribution in [0, 0.1) is 6.92 Å². The molecule has 2 aromatic carbocycles. The Balaban J connectivity index is 1.88. The van der Waals surface area contributed by atoms with Crippen molar-refractivity contribution in [2.75, 3.05) is 11.9 Å². The molecule has 0 aromatic heterocycles. The first-order chi connectivity index (χ1) is 12.5. The molecule has 0 aliphatic carbocycles. The topological polar surface area (TPSA) is 64.6 Å². The summed E-state index contributed by atoms with van der Waals surface area (Å²) in [6.45, 7) is 6.13. The lowest BCUT2D eigenvalue weighted by Gasteiger charge is -2.15. The molecule has 5 nitrogen and oxygen atoms in total. The molecule has 0 aliphatic rings. The van der Waals surface area contributed by atoms with Crippen LogP contribution in [0.4, 0.5) is 5.69 Å². The maximum absolute atomic E-state index is 12.2. The number of esters is 1. The number of hydrogen-bond donors (Lipinski definition) is 1. The summed E-state index contributed by atoms with van der Waals surface area (Å²) in [6, 6.07) is 14.1. The highest BCUT2D eigenvalue weighted by molar-refractivity contribution is 5.95. The Labute approximate surface area is 154 Å². The van der Waals surface area contributed by atoms with Gasteiger partial charge in [0, 0.05) is 5.69 Å². The number of carbonyl (C=O) groups is 2. The molecule has 0 aliphatic heterocycles. The molecule has 2 rings (SSSR count). The number of aryl methyl sites for hydroxylation is 1. The van der Waals surface area contributed by atoms with E-state index in [4.69, 9.17) is 9.47 Å². The summed E-state index contributed by atoms with van der Waals surface area (Å²) in [6.07, 6.45) is 1.18. The predicted molar refractivity (Wildman–Crippen MR) is 102 cm³/mol. The van der Waals surface area contributed by atoms with Gasteiger partial charge in [0.15, 0.2) is 6.10 Å². The van der Waals surface area contributed by atoms with Crippen molar-refractivity contribution in [3.8, 4) is 5.75 Å². The van der Waals surface area contributed by atoms with E-state index in [-0.39, 0.29) is 11.9 Å². The molecule has 0 saturated heterocycles. The number of nitrogens with one attached hydrogen (secondary N) is 1. The minimum atomic E-state index is -0.642. The van der Waals surface area contributed by atoms with E-state index in [2.05, 4.69) is 5.32 Å². The van der Waals surface area contributed by atoms with Crippen LogP contribution in [-0.4, -0.2) is 24.6 Å². The summed E-state index contributed by atoms with van der Waals surface area (Å²) >= 11 is 0. The summed E-state index contributed by atoms with van der Waals surface area (Å²) in [5.41, 5.74) is 2.19. The van der Waals surface area contributed by atoms with Crippen molar-refractivity contribution in [2.24, 2.45) is 0 Å². The minimum Gasteiger partial charge on any atom is -0.481 e. The second-order valence-electron chi connectivity index (χ2n) is 6.13. The summed E-state index contributed by atoms with van der Waals surface area (Å²) in [5.74, 6) is 0.0275. The van der Waals surface area contributed by atoms with Crippen molar-refractivity contribution in [1.82, 2.24) is 0 Å². The lowest BCUT2D eigenvalue weighted by atomic mass is 10.2. The molecule has 0 bridgehead atoms. The minimum absolute atomic E-state index is 0.260. The first-order valence-corrected chi connectivity index (χ1v) is 8.81. The molecule has 26 heavy (non-hydrogen) atoms. The van der Waals surface area contributed by atoms with Crippen LogP contribution >= 0.6 is 0 Å². The van der Waals surface area contributed by atoms with Crippen LogP contribution in [0.2, 0.25) is 0 Å². The molecule has 0 fully saturated rings. The van der Waals surface area contributed by atoms with Gasteiger partial charge in [-0.25, -0.2) is 4.79 Å². The average Bonchev–Trinajstić information content (AvgIpc) is 2.64. The molecule has 0 radical (unpaired) electrons. The van der Waals surface area contributed by atoms with Crippen LogP contribution in [0.15, 0.2) is 48.5 Å². The van der Waals surface area contributed by atoms with Gasteiger partial charge in [-0.15, -0.1) is 0 Å². The molecule has 138 valence electrons. The van der Waals surface area contributed by atoms with Crippen molar-refractivity contribution in [2.45, 2.75) is 39.7 Å². The molecular formula is C21H25NO4. The standard InChI is InChI=1S/C21H25NO4/c1-4-5-14-25-21(24)17-8-10-18(11-9-17)22-20(23)16(3)26-19-12-6-15(2)7-13-19/h6-13,16H,4-5,14H2,1-3H3,(H,22,23)/t16-/m0/s1. The van der Waals surface area contributed by atoms with Crippen LogP contribution in [-0.2, 0) is 9.53 Å². The van der Waals surface area contributed by atoms with Gasteiger partial charge in [-0.05, 0) is 56.7 Å². The molecule has 1 atom stereocenters. The predicted octanol–water partition coefficient (Wildman–Crippen LogP) is 4.36. The zero-order chi connectivity index (χ0) is 18.9. The Bertz CT molecular complexity index is 723. The van der Waals surface area contributed by atoms with Gasteiger partial charge < -0.3 is 14.8 Å². The summed E-state index contributed by atoms with van der Waals surface area (Å²) in [5, 5.41) is 2.78. The van der Waals surface area contributed by atoms with Gasteiger partial charge in [0.2, 0.25) is 0 Å². The van der Waals surface area contributed by atoms with E-state index in [1.54, 1.807) is 31.2 Å². The number of unbranched alkanes of at least 4 members (excludes halogenated alkanes) is 1. The van der Waals surface area contributed by atoms with Gasteiger partial charge in [-0.3, -0.25) is 4.79 Å². The maximum Gasteiger partial charge on any atom is 0.338 e. The summed E-state index contributed by atoms with van der Waals surface area (Å²) in [4.78, 5) is 24.1. The van der Waals surface area contributed by atoms with E-state index >= 15 is 0 Å². The Kier molecular flexibility index (Phi) is 7.21. The van der Waals surface area contributed by atoms with Crippen molar-refractivity contribution >= 4 is 17.6 Å². The third-order valence-corrected chi connectivity index (χ3v) is 3.82. The van der Waals surface area contributed by atoms with E-state index < -0.39 is 6.10 Å². The van der Waals surface area contributed by atoms with Gasteiger partial charge in [-0.1, -0.05) is 31.0 Å². The fourth-order valence-electron chi connectivity index (χ4n) is 2.20. The fraction of sp³-hybridized carbons (Fsp3) is 0.333. The molecule has 1 N–H and O–H groups in total. The van der Waals surface area contributed by atoms with Gasteiger partial charge in [-0.2, -0.15) is 0 Å². The maximum atomic E-state index is 12.2. The second-order valence-corrected chi connectivity index (χ2v) is 6.13. The van der Waals surface area contributed by atoms with E-state index in [1.807, 2.05) is 38.1 Å². The highest BCUT2D eigenvalue weighted by Crippen LogP contribution is 2.15. The first-order valence-electron chi connectivity index (χ1n) is 8.81. The van der Waals surface area contributed by atoms with Gasteiger partial charge >= 0.3 is 5.97 Å². The Hall–Kier alpha value is -2.82. The van der Waals surface area contributed by atoms with Gasteiger partial charge in [0.05, 0.1) is 12.2 Å². The quantitative estimate of drug-likeness (QED) is 0.564. The summed E-state index contributed by atoms with van der Waals surface area (Å²) in [7, 11) is 0. The monoisotopic (exact) mass is 355 g/mol. The number of carbonyl (C=O) groups excluding carboxylic acids is 2. The van der Waals surface area contributed by atoms with Gasteiger partial charge in [0.25, 0.3) is 5.91 Å². The average molecular weight is 355 g/mol. The van der Waals surface area contributed by atoms with E-state index in [9.17, 15) is 9.59 Å². The Morgan fingerprint density at radius 3 is 2.31 bits per heavy atom. The number of benzene rings is 2. The molecule has 0 unspecified atom stereocenters. The van der Waals surface area contributed by atoms with Crippen molar-refractivity contribution < 1.29 is 19.1 Å². The smallest absolute Gasteiger partial charge is 0.338 e. The number of rotatable bonds is 8. The molecule has 2 aromatic rings. The number of anilines is 1. The molecule has 0 saturated carbocycles. The van der Waals surface area contributed by atoms with Crippen molar-refractivity contribution in [1.29, 1.82) is 0 Å². The zero-order valence-electron chi connectivity index (χ0n) is 15.5. The van der Waals surface area contributed by atoms with Crippen LogP contribution in [0.25, 0.3) is 0 Å². The Morgan fingerprint density at radius 2 is 1.69 bits per heavy atom. The largest absolute Gasteiger partial charge is 0.481 e. The van der Waals surface area contributed by atoms with Crippen LogP contribution in [0.1, 0.15) is 42.6 Å². The SMILES string of the molecule is CCCCOC(=O)c1ccc(NC(=O)[C@H](C)Oc2ccc(C)cc2)cc1. The van der Waals surface area contributed by atoms with Crippen LogP contribution in [0.3, 0.4) is 0 Å². The molecule has 0 heterocycles. The lowest BCUT2D eigenvalue weighted by Crippen LogP contribution is -2.30.